The summed E-state index contributed by atoms with van der Waals surface area (Å²) in [6, 6.07) is 17.9. The van der Waals surface area contributed by atoms with Gasteiger partial charge in [0.25, 0.3) is 5.91 Å². The molecule has 4 rings (SSSR count). The maximum Gasteiger partial charge on any atom is 0.328 e. The second-order valence-electron chi connectivity index (χ2n) is 13.0. The first-order chi connectivity index (χ1) is 23.1. The number of urea groups is 1. The van der Waals surface area contributed by atoms with Crippen LogP contribution in [0, 0.1) is 11.8 Å². The van der Waals surface area contributed by atoms with Gasteiger partial charge in [0, 0.05) is 17.6 Å². The number of nitrogen functional groups attached to an aromatic ring is 1. The zero-order valence-electron chi connectivity index (χ0n) is 27.9. The van der Waals surface area contributed by atoms with Crippen molar-refractivity contribution in [2.24, 2.45) is 11.8 Å². The van der Waals surface area contributed by atoms with E-state index in [1.165, 1.54) is 27.4 Å². The lowest BCUT2D eigenvalue weighted by Crippen LogP contribution is -2.57. The van der Waals surface area contributed by atoms with Gasteiger partial charge in [0.05, 0.1) is 34.3 Å². The third-order valence-electron chi connectivity index (χ3n) is 8.20. The second-order valence-corrected chi connectivity index (χ2v) is 16.2. The Kier molecular flexibility index (Phi) is 12.9. The Labute approximate surface area is 301 Å². The van der Waals surface area contributed by atoms with Crippen LogP contribution in [0.4, 0.5) is 10.5 Å². The average Bonchev–Trinajstić information content (AvgIpc) is 3.29. The van der Waals surface area contributed by atoms with Crippen LogP contribution in [0.1, 0.15) is 38.8 Å². The van der Waals surface area contributed by atoms with Gasteiger partial charge in [0.2, 0.25) is 15.9 Å². The largest absolute Gasteiger partial charge is 0.397 e. The molecule has 4 amide bonds. The van der Waals surface area contributed by atoms with Gasteiger partial charge in [0.1, 0.15) is 12.6 Å². The number of anilines is 1. The summed E-state index contributed by atoms with van der Waals surface area (Å²) in [5.41, 5.74) is 7.57. The molecule has 0 aliphatic carbocycles. The lowest BCUT2D eigenvalue weighted by atomic mass is 9.97. The lowest BCUT2D eigenvalue weighted by Gasteiger charge is -2.34. The van der Waals surface area contributed by atoms with Gasteiger partial charge in [-0.25, -0.2) is 13.2 Å². The van der Waals surface area contributed by atoms with Crippen molar-refractivity contribution in [3.63, 3.8) is 0 Å². The second kappa shape index (κ2) is 16.5. The van der Waals surface area contributed by atoms with Crippen molar-refractivity contribution in [3.05, 3.63) is 93.4 Å². The van der Waals surface area contributed by atoms with Crippen LogP contribution in [-0.2, 0) is 32.6 Å². The van der Waals surface area contributed by atoms with Gasteiger partial charge < -0.3 is 21.1 Å². The highest BCUT2D eigenvalue weighted by Crippen LogP contribution is 2.27. The molecule has 1 heterocycles. The summed E-state index contributed by atoms with van der Waals surface area (Å²) in [7, 11) is -4.13. The average molecular weight is 777 g/mol. The number of nitrogens with two attached hydrogens (primary N) is 1. The Morgan fingerprint density at radius 2 is 1.67 bits per heavy atom. The highest BCUT2D eigenvalue weighted by molar-refractivity contribution is 9.10. The molecule has 0 spiro atoms. The number of rotatable bonds is 15. The summed E-state index contributed by atoms with van der Waals surface area (Å²) in [6.07, 6.45) is -1.19. The quantitative estimate of drug-likeness (QED) is 0.147. The normalized spacial score (nSPS) is 15.7. The van der Waals surface area contributed by atoms with Crippen LogP contribution < -0.4 is 11.1 Å². The molecular weight excluding hydrogens is 734 g/mol. The van der Waals surface area contributed by atoms with E-state index in [0.29, 0.717) is 0 Å². The predicted octanol–water partition coefficient (Wildman–Crippen LogP) is 4.91. The molecule has 264 valence electrons. The fourth-order valence-corrected chi connectivity index (χ4v) is 8.04. The molecule has 11 nitrogen and oxygen atoms in total. The van der Waals surface area contributed by atoms with E-state index in [9.17, 15) is 27.9 Å². The van der Waals surface area contributed by atoms with Crippen LogP contribution in [0.25, 0.3) is 0 Å². The first kappa shape index (κ1) is 38.3. The number of amides is 4. The number of hydrogen-bond donors (Lipinski definition) is 3. The number of halogens is 2. The third-order valence-corrected chi connectivity index (χ3v) is 10.9. The Balaban J connectivity index is 1.60. The van der Waals surface area contributed by atoms with Gasteiger partial charge in [-0.15, -0.1) is 0 Å². The number of nitrogens with one attached hydrogen (secondary N) is 1. The van der Waals surface area contributed by atoms with Gasteiger partial charge in [-0.3, -0.25) is 14.5 Å². The topological polar surface area (TPSA) is 153 Å². The van der Waals surface area contributed by atoms with E-state index in [2.05, 4.69) is 21.2 Å². The molecule has 0 saturated carbocycles. The van der Waals surface area contributed by atoms with Crippen molar-refractivity contribution in [1.29, 1.82) is 0 Å². The standard InChI is InChI=1S/C35H43BrClN5O6S/c1-22(2)18-40(49(47,48)27-13-14-28(37)29(38)17-27)20-31(43)30(16-24-9-6-5-7-10-24)39-34(45)33(23(3)4)42-21-32(44)41(35(42)46)19-25-11-8-12-26(36)15-25/h5-15,17,22-23,30-31,33,43H,16,18-21,38H2,1-4H3,(H,39,45)/t30-,31+,33-/m0/s1. The molecule has 1 aliphatic rings. The summed E-state index contributed by atoms with van der Waals surface area (Å²) < 4.78 is 29.7. The molecule has 0 aromatic heterocycles. The first-order valence-corrected chi connectivity index (χ1v) is 18.6. The molecule has 3 aromatic carbocycles. The molecule has 3 atom stereocenters. The van der Waals surface area contributed by atoms with Crippen LogP contribution in [0.2, 0.25) is 5.02 Å². The fourth-order valence-electron chi connectivity index (χ4n) is 5.82. The first-order valence-electron chi connectivity index (χ1n) is 16.0. The number of aliphatic hydroxyl groups excluding tert-OH is 1. The van der Waals surface area contributed by atoms with E-state index in [0.717, 1.165) is 20.5 Å². The maximum atomic E-state index is 14.1. The maximum absolute atomic E-state index is 14.1. The molecule has 49 heavy (non-hydrogen) atoms. The van der Waals surface area contributed by atoms with E-state index < -0.39 is 52.0 Å². The zero-order chi connectivity index (χ0) is 36.0. The molecule has 0 radical (unpaired) electrons. The fraction of sp³-hybridized carbons (Fsp3) is 0.400. The van der Waals surface area contributed by atoms with E-state index in [1.54, 1.807) is 19.9 Å². The molecule has 0 bridgehead atoms. The molecule has 3 aromatic rings. The predicted molar refractivity (Wildman–Crippen MR) is 193 cm³/mol. The van der Waals surface area contributed by atoms with Crippen molar-refractivity contribution >= 4 is 61.1 Å². The van der Waals surface area contributed by atoms with Crippen molar-refractivity contribution in [3.8, 4) is 0 Å². The summed E-state index contributed by atoms with van der Waals surface area (Å²) in [5, 5.41) is 14.8. The number of nitrogens with zero attached hydrogens (tertiary/aromatic N) is 3. The Bertz CT molecular complexity index is 1760. The van der Waals surface area contributed by atoms with Gasteiger partial charge in [0.15, 0.2) is 0 Å². The summed E-state index contributed by atoms with van der Waals surface area (Å²) in [5.74, 6) is -1.49. The number of sulfonamides is 1. The highest BCUT2D eigenvalue weighted by Gasteiger charge is 2.44. The third kappa shape index (κ3) is 9.61. The lowest BCUT2D eigenvalue weighted by molar-refractivity contribution is -0.129. The van der Waals surface area contributed by atoms with Crippen LogP contribution in [-0.4, -0.2) is 83.3 Å². The van der Waals surface area contributed by atoms with E-state index in [1.807, 2.05) is 62.4 Å². The summed E-state index contributed by atoms with van der Waals surface area (Å²) in [4.78, 5) is 43.1. The van der Waals surface area contributed by atoms with E-state index in [4.69, 9.17) is 17.3 Å². The van der Waals surface area contributed by atoms with E-state index in [-0.39, 0.29) is 54.1 Å². The number of hydrogen-bond acceptors (Lipinski definition) is 7. The van der Waals surface area contributed by atoms with Crippen LogP contribution in [0.3, 0.4) is 0 Å². The minimum atomic E-state index is -4.13. The van der Waals surface area contributed by atoms with Gasteiger partial charge in [-0.2, -0.15) is 4.31 Å². The van der Waals surface area contributed by atoms with Crippen LogP contribution in [0.15, 0.2) is 82.2 Å². The van der Waals surface area contributed by atoms with Gasteiger partial charge in [-0.05, 0) is 59.7 Å². The molecule has 14 heteroatoms. The number of aliphatic hydroxyl groups is 1. The summed E-state index contributed by atoms with van der Waals surface area (Å²) >= 11 is 9.46. The number of carbonyl (C=O) groups excluding carboxylic acids is 3. The molecule has 4 N–H and O–H groups in total. The minimum Gasteiger partial charge on any atom is -0.397 e. The number of carbonyl (C=O) groups is 3. The zero-order valence-corrected chi connectivity index (χ0v) is 31.1. The van der Waals surface area contributed by atoms with Crippen molar-refractivity contribution in [2.75, 3.05) is 25.4 Å². The van der Waals surface area contributed by atoms with Crippen molar-refractivity contribution in [1.82, 2.24) is 19.4 Å². The number of benzene rings is 3. The molecular formula is C35H43BrClN5O6S. The Hall–Kier alpha value is -3.49. The molecule has 1 aliphatic heterocycles. The van der Waals surface area contributed by atoms with Crippen LogP contribution >= 0.6 is 27.5 Å². The van der Waals surface area contributed by atoms with Crippen LogP contribution in [0.5, 0.6) is 0 Å². The Morgan fingerprint density at radius 3 is 2.29 bits per heavy atom. The highest BCUT2D eigenvalue weighted by atomic mass is 79.9. The number of imide groups is 1. The molecule has 1 fully saturated rings. The molecule has 1 saturated heterocycles. The summed E-state index contributed by atoms with van der Waals surface area (Å²) in [6.45, 7) is 6.78. The van der Waals surface area contributed by atoms with Crippen molar-refractivity contribution in [2.45, 2.75) is 63.7 Å². The molecule has 0 unspecified atom stereocenters. The Morgan fingerprint density at radius 1 is 1.00 bits per heavy atom. The van der Waals surface area contributed by atoms with E-state index >= 15 is 0 Å². The monoisotopic (exact) mass is 775 g/mol. The smallest absolute Gasteiger partial charge is 0.328 e. The SMILES string of the molecule is CC(C)CN(C[C@@H](O)[C@H](Cc1ccccc1)NC(=O)[C@H](C(C)C)N1CC(=O)N(Cc2cccc(Br)c2)C1=O)S(=O)(=O)c1ccc(Cl)c(N)c1. The van der Waals surface area contributed by atoms with Crippen molar-refractivity contribution < 1.29 is 27.9 Å². The minimum absolute atomic E-state index is 0.0504. The van der Waals surface area contributed by atoms with Gasteiger partial charge >= 0.3 is 6.03 Å². The van der Waals surface area contributed by atoms with Gasteiger partial charge in [-0.1, -0.05) is 97.7 Å².